The molecule has 0 bridgehead atoms. The van der Waals surface area contributed by atoms with Crippen molar-refractivity contribution in [3.8, 4) is 0 Å². The zero-order valence-electron chi connectivity index (χ0n) is 10.4. The third-order valence-corrected chi connectivity index (χ3v) is 4.37. The van der Waals surface area contributed by atoms with Gasteiger partial charge in [-0.3, -0.25) is 4.40 Å². The maximum atomic E-state index is 4.56. The van der Waals surface area contributed by atoms with Crippen molar-refractivity contribution in [2.75, 3.05) is 5.32 Å². The van der Waals surface area contributed by atoms with Crippen molar-refractivity contribution in [3.05, 3.63) is 27.5 Å². The molecule has 0 aliphatic rings. The molecule has 5 nitrogen and oxygen atoms in total. The Bertz CT molecular complexity index is 693. The van der Waals surface area contributed by atoms with Crippen molar-refractivity contribution >= 4 is 32.8 Å². The lowest BCUT2D eigenvalue weighted by Crippen LogP contribution is -2.03. The van der Waals surface area contributed by atoms with Gasteiger partial charge in [0.05, 0.1) is 17.9 Å². The van der Waals surface area contributed by atoms with E-state index in [4.69, 9.17) is 0 Å². The number of nitrogens with zero attached hydrogens (tertiary/aromatic N) is 4. The quantitative estimate of drug-likeness (QED) is 0.801. The molecule has 0 spiro atoms. The van der Waals surface area contributed by atoms with Crippen LogP contribution in [-0.2, 0) is 6.54 Å². The fraction of sp³-hybridized carbons (Fsp3) is 0.364. The molecule has 7 heteroatoms. The third kappa shape index (κ3) is 1.99. The van der Waals surface area contributed by atoms with Gasteiger partial charge in [0.1, 0.15) is 5.01 Å². The highest BCUT2D eigenvalue weighted by molar-refractivity contribution is 7.17. The number of fused-ring (bicyclic) bond motifs is 1. The number of anilines is 1. The van der Waals surface area contributed by atoms with Gasteiger partial charge in [0.15, 0.2) is 4.96 Å². The van der Waals surface area contributed by atoms with Crippen molar-refractivity contribution in [2.45, 2.75) is 27.3 Å². The number of rotatable bonds is 3. The summed E-state index contributed by atoms with van der Waals surface area (Å²) >= 11 is 3.28. The van der Waals surface area contributed by atoms with Gasteiger partial charge in [-0.25, -0.2) is 4.98 Å². The summed E-state index contributed by atoms with van der Waals surface area (Å²) in [4.78, 5) is 6.88. The Morgan fingerprint density at radius 2 is 2.06 bits per heavy atom. The van der Waals surface area contributed by atoms with Crippen LogP contribution in [0.5, 0.6) is 0 Å². The fourth-order valence-electron chi connectivity index (χ4n) is 1.85. The van der Waals surface area contributed by atoms with Crippen LogP contribution in [0.25, 0.3) is 4.96 Å². The number of hydrogen-bond donors (Lipinski definition) is 1. The minimum absolute atomic E-state index is 0.720. The molecular weight excluding hydrogens is 266 g/mol. The van der Waals surface area contributed by atoms with Crippen LogP contribution in [0.2, 0.25) is 0 Å². The second-order valence-corrected chi connectivity index (χ2v) is 6.51. The van der Waals surface area contributed by atoms with Crippen molar-refractivity contribution < 1.29 is 0 Å². The molecule has 0 aromatic carbocycles. The van der Waals surface area contributed by atoms with Crippen LogP contribution in [0.4, 0.5) is 5.13 Å². The maximum absolute atomic E-state index is 4.56. The predicted octanol–water partition coefficient (Wildman–Crippen LogP) is 2.78. The number of nitrogens with one attached hydrogen (secondary N) is 1. The first kappa shape index (κ1) is 11.6. The van der Waals surface area contributed by atoms with Crippen molar-refractivity contribution in [3.63, 3.8) is 0 Å². The number of imidazole rings is 1. The minimum Gasteiger partial charge on any atom is -0.354 e. The van der Waals surface area contributed by atoms with Crippen LogP contribution in [0.3, 0.4) is 0 Å². The highest BCUT2D eigenvalue weighted by Crippen LogP contribution is 2.22. The second-order valence-electron chi connectivity index (χ2n) is 4.12. The summed E-state index contributed by atoms with van der Waals surface area (Å²) in [5.41, 5.74) is 2.25. The molecule has 18 heavy (non-hydrogen) atoms. The Labute approximate surface area is 113 Å². The lowest BCUT2D eigenvalue weighted by Gasteiger charge is -2.02. The van der Waals surface area contributed by atoms with Gasteiger partial charge in [0.2, 0.25) is 5.13 Å². The number of hydrogen-bond acceptors (Lipinski definition) is 6. The molecule has 0 unspecified atom stereocenters. The molecule has 0 aliphatic carbocycles. The summed E-state index contributed by atoms with van der Waals surface area (Å²) in [5.74, 6) is 0. The standard InChI is InChI=1S/C11H13N5S2/c1-6-5-16-9(7(2)13-11(16)17-6)4-12-10-15-14-8(3)18-10/h5H,4H2,1-3H3,(H,12,15). The van der Waals surface area contributed by atoms with E-state index in [9.17, 15) is 0 Å². The van der Waals surface area contributed by atoms with E-state index in [1.54, 1.807) is 22.7 Å². The van der Waals surface area contributed by atoms with Gasteiger partial charge in [0.25, 0.3) is 0 Å². The van der Waals surface area contributed by atoms with Crippen molar-refractivity contribution in [1.29, 1.82) is 0 Å². The molecule has 94 valence electrons. The van der Waals surface area contributed by atoms with Crippen LogP contribution in [0.15, 0.2) is 6.20 Å². The van der Waals surface area contributed by atoms with E-state index < -0.39 is 0 Å². The molecule has 0 saturated heterocycles. The normalized spacial score (nSPS) is 11.3. The molecule has 0 radical (unpaired) electrons. The first-order chi connectivity index (χ1) is 8.63. The van der Waals surface area contributed by atoms with Crippen LogP contribution in [0, 0.1) is 20.8 Å². The summed E-state index contributed by atoms with van der Waals surface area (Å²) in [5, 5.41) is 13.2. The Hall–Kier alpha value is -1.47. The van der Waals surface area contributed by atoms with Gasteiger partial charge >= 0.3 is 0 Å². The summed E-state index contributed by atoms with van der Waals surface area (Å²) < 4.78 is 2.15. The van der Waals surface area contributed by atoms with Gasteiger partial charge in [-0.15, -0.1) is 21.5 Å². The highest BCUT2D eigenvalue weighted by Gasteiger charge is 2.11. The van der Waals surface area contributed by atoms with Crippen molar-refractivity contribution in [1.82, 2.24) is 19.6 Å². The van der Waals surface area contributed by atoms with E-state index >= 15 is 0 Å². The third-order valence-electron chi connectivity index (χ3n) is 2.67. The van der Waals surface area contributed by atoms with Gasteiger partial charge in [-0.1, -0.05) is 11.3 Å². The Balaban J connectivity index is 1.87. The number of thiazole rings is 1. The number of aryl methyl sites for hydroxylation is 3. The molecule has 3 aromatic rings. The molecule has 1 N–H and O–H groups in total. The largest absolute Gasteiger partial charge is 0.354 e. The maximum Gasteiger partial charge on any atom is 0.205 e. The average molecular weight is 279 g/mol. The first-order valence-electron chi connectivity index (χ1n) is 5.61. The molecule has 0 aliphatic heterocycles. The van der Waals surface area contributed by atoms with Crippen LogP contribution < -0.4 is 5.32 Å². The lowest BCUT2D eigenvalue weighted by molar-refractivity contribution is 0.969. The Morgan fingerprint density at radius 3 is 2.78 bits per heavy atom. The second kappa shape index (κ2) is 4.33. The molecule has 0 amide bonds. The smallest absolute Gasteiger partial charge is 0.205 e. The summed E-state index contributed by atoms with van der Waals surface area (Å²) in [6.07, 6.45) is 2.13. The Morgan fingerprint density at radius 1 is 1.22 bits per heavy atom. The minimum atomic E-state index is 0.720. The van der Waals surface area contributed by atoms with E-state index in [-0.39, 0.29) is 0 Å². The molecule has 0 fully saturated rings. The lowest BCUT2D eigenvalue weighted by atomic mass is 10.3. The van der Waals surface area contributed by atoms with Crippen LogP contribution in [0.1, 0.15) is 21.3 Å². The summed E-state index contributed by atoms with van der Waals surface area (Å²) in [7, 11) is 0. The molecule has 0 atom stereocenters. The van der Waals surface area contributed by atoms with E-state index in [1.165, 1.54) is 10.6 Å². The molecular formula is C11H13N5S2. The van der Waals surface area contributed by atoms with Gasteiger partial charge < -0.3 is 5.32 Å². The Kier molecular flexibility index (Phi) is 2.79. The zero-order chi connectivity index (χ0) is 12.7. The van der Waals surface area contributed by atoms with Gasteiger partial charge in [0, 0.05) is 11.1 Å². The molecule has 3 rings (SSSR count). The van der Waals surface area contributed by atoms with Gasteiger partial charge in [-0.2, -0.15) is 0 Å². The van der Waals surface area contributed by atoms with E-state index in [1.807, 2.05) is 13.8 Å². The average Bonchev–Trinajstić information content (AvgIpc) is 2.92. The molecule has 3 aromatic heterocycles. The monoisotopic (exact) mass is 279 g/mol. The van der Waals surface area contributed by atoms with E-state index in [0.29, 0.717) is 0 Å². The fourth-order valence-corrected chi connectivity index (χ4v) is 3.33. The molecule has 3 heterocycles. The first-order valence-corrected chi connectivity index (χ1v) is 7.25. The van der Waals surface area contributed by atoms with E-state index in [0.717, 1.165) is 27.3 Å². The van der Waals surface area contributed by atoms with Crippen LogP contribution in [-0.4, -0.2) is 19.6 Å². The summed E-state index contributed by atoms with van der Waals surface area (Å²) in [6.45, 7) is 6.81. The number of aromatic nitrogens is 4. The zero-order valence-corrected chi connectivity index (χ0v) is 12.0. The van der Waals surface area contributed by atoms with Crippen molar-refractivity contribution in [2.24, 2.45) is 0 Å². The highest BCUT2D eigenvalue weighted by atomic mass is 32.1. The van der Waals surface area contributed by atoms with Crippen LogP contribution >= 0.6 is 22.7 Å². The summed E-state index contributed by atoms with van der Waals surface area (Å²) in [6, 6.07) is 0. The molecule has 0 saturated carbocycles. The topological polar surface area (TPSA) is 55.1 Å². The SMILES string of the molecule is Cc1cn2c(CNc3nnc(C)s3)c(C)nc2s1. The predicted molar refractivity (Wildman–Crippen MR) is 74.5 cm³/mol. The van der Waals surface area contributed by atoms with E-state index in [2.05, 4.69) is 38.0 Å². The van der Waals surface area contributed by atoms with Gasteiger partial charge in [-0.05, 0) is 20.8 Å².